The maximum Gasteiger partial charge on any atom is 0.153 e. The van der Waals surface area contributed by atoms with E-state index in [0.29, 0.717) is 5.33 Å². The molecule has 55 valence electrons. The van der Waals surface area contributed by atoms with Crippen molar-refractivity contribution in [3.63, 3.8) is 0 Å². The molecule has 1 radical (unpaired) electrons. The maximum absolute atomic E-state index is 10.6. The minimum Gasteiger partial charge on any atom is -0.236 e. The van der Waals surface area contributed by atoms with Crippen LogP contribution in [0.15, 0.2) is 0 Å². The molecule has 3 nitrogen and oxygen atoms in total. The van der Waals surface area contributed by atoms with Crippen molar-refractivity contribution in [3.8, 4) is 0 Å². The van der Waals surface area contributed by atoms with E-state index in [0.717, 1.165) is 0 Å². The van der Waals surface area contributed by atoms with Crippen LogP contribution in [0, 0.1) is 0 Å². The lowest BCUT2D eigenvalue weighted by atomic mass is 10.9. The zero-order valence-corrected chi connectivity index (χ0v) is 7.24. The van der Waals surface area contributed by atoms with Gasteiger partial charge in [-0.3, -0.25) is 0 Å². The molecule has 0 aromatic carbocycles. The van der Waals surface area contributed by atoms with Crippen molar-refractivity contribution in [2.24, 2.45) is 0 Å². The number of hydrogen-bond donors (Lipinski definition) is 0. The summed E-state index contributed by atoms with van der Waals surface area (Å²) in [5, 5.41) is 10.2. The van der Waals surface area contributed by atoms with Crippen molar-refractivity contribution in [1.82, 2.24) is 0 Å². The van der Waals surface area contributed by atoms with Gasteiger partial charge in [0.05, 0.1) is 18.1 Å². The Bertz CT molecular complexity index is 139. The third-order valence-electron chi connectivity index (χ3n) is 0.782. The van der Waals surface area contributed by atoms with Crippen molar-refractivity contribution in [1.29, 1.82) is 0 Å². The molecule has 5 heteroatoms. The Morgan fingerprint density at radius 1 is 1.22 bits per heavy atom. The molecular formula is C4H8BrO3S. The number of halogens is 1. The van der Waals surface area contributed by atoms with Crippen molar-refractivity contribution in [2.45, 2.75) is 0 Å². The molecule has 0 spiro atoms. The van der Waals surface area contributed by atoms with Gasteiger partial charge in [0.2, 0.25) is 0 Å². The van der Waals surface area contributed by atoms with E-state index in [1.807, 2.05) is 0 Å². The molecule has 9 heavy (non-hydrogen) atoms. The van der Waals surface area contributed by atoms with Crippen LogP contribution in [0.5, 0.6) is 0 Å². The summed E-state index contributed by atoms with van der Waals surface area (Å²) in [6.45, 7) is -0.532. The molecule has 0 aliphatic carbocycles. The highest BCUT2D eigenvalue weighted by atomic mass is 79.9. The van der Waals surface area contributed by atoms with Gasteiger partial charge in [-0.15, -0.1) is 0 Å². The molecule has 0 bridgehead atoms. The first kappa shape index (κ1) is 9.39. The van der Waals surface area contributed by atoms with Crippen LogP contribution in [0.3, 0.4) is 0 Å². The van der Waals surface area contributed by atoms with Crippen LogP contribution in [0.2, 0.25) is 0 Å². The molecule has 0 aliphatic heterocycles. The van der Waals surface area contributed by atoms with E-state index < -0.39 is 16.4 Å². The minimum atomic E-state index is -3.04. The summed E-state index contributed by atoms with van der Waals surface area (Å²) in [4.78, 5) is 0. The highest BCUT2D eigenvalue weighted by molar-refractivity contribution is 9.09. The number of rotatable bonds is 4. The van der Waals surface area contributed by atoms with E-state index in [1.165, 1.54) is 0 Å². The largest absolute Gasteiger partial charge is 0.236 e. The second kappa shape index (κ2) is 4.24. The van der Waals surface area contributed by atoms with E-state index in [9.17, 15) is 13.5 Å². The Hall–Kier alpha value is 0.390. The Morgan fingerprint density at radius 2 is 1.78 bits per heavy atom. The number of alkyl halides is 1. The maximum atomic E-state index is 10.6. The average Bonchev–Trinajstić information content (AvgIpc) is 1.64. The van der Waals surface area contributed by atoms with Crippen LogP contribution in [-0.4, -0.2) is 31.9 Å². The second-order valence-corrected chi connectivity index (χ2v) is 4.64. The molecule has 0 aromatic heterocycles. The zero-order chi connectivity index (χ0) is 7.33. The third-order valence-corrected chi connectivity index (χ3v) is 3.32. The van der Waals surface area contributed by atoms with Gasteiger partial charge >= 0.3 is 0 Å². The fourth-order valence-corrected chi connectivity index (χ4v) is 2.52. The fourth-order valence-electron chi connectivity index (χ4n) is 0.347. The molecule has 0 atom stereocenters. The van der Waals surface area contributed by atoms with Crippen molar-refractivity contribution in [3.05, 3.63) is 0 Å². The summed E-state index contributed by atoms with van der Waals surface area (Å²) in [5.41, 5.74) is 0. The lowest BCUT2D eigenvalue weighted by Crippen LogP contribution is -2.13. The van der Waals surface area contributed by atoms with Gasteiger partial charge in [0.1, 0.15) is 0 Å². The van der Waals surface area contributed by atoms with E-state index in [4.69, 9.17) is 0 Å². The first-order valence-corrected chi connectivity index (χ1v) is 5.41. The van der Waals surface area contributed by atoms with Crippen LogP contribution < -0.4 is 0 Å². The van der Waals surface area contributed by atoms with E-state index in [2.05, 4.69) is 15.9 Å². The summed E-state index contributed by atoms with van der Waals surface area (Å²) in [6, 6.07) is 0. The number of sulfone groups is 1. The monoisotopic (exact) mass is 215 g/mol. The molecular weight excluding hydrogens is 208 g/mol. The quantitative estimate of drug-likeness (QED) is 0.631. The molecule has 0 aromatic rings. The summed E-state index contributed by atoms with van der Waals surface area (Å²) in [5.74, 6) is -0.173. The van der Waals surface area contributed by atoms with Crippen LogP contribution >= 0.6 is 15.9 Å². The molecule has 0 unspecified atom stereocenters. The summed E-state index contributed by atoms with van der Waals surface area (Å²) in [6.07, 6.45) is 0. The third kappa shape index (κ3) is 4.87. The molecule has 0 saturated heterocycles. The van der Waals surface area contributed by atoms with Gasteiger partial charge < -0.3 is 0 Å². The molecule has 0 rings (SSSR count). The first-order chi connectivity index (χ1) is 4.12. The van der Waals surface area contributed by atoms with Gasteiger partial charge in [0.15, 0.2) is 9.84 Å². The Morgan fingerprint density at radius 3 is 2.11 bits per heavy atom. The Kier molecular flexibility index (Phi) is 4.43. The van der Waals surface area contributed by atoms with Gasteiger partial charge in [0.25, 0.3) is 0 Å². The average molecular weight is 216 g/mol. The Labute approximate surface area is 63.1 Å². The van der Waals surface area contributed by atoms with Crippen LogP contribution in [0.1, 0.15) is 0 Å². The fraction of sp³-hybridized carbons (Fsp3) is 1.00. The highest BCUT2D eigenvalue weighted by Crippen LogP contribution is 1.91. The molecule has 0 amide bonds. The minimum absolute atomic E-state index is 0.0647. The smallest absolute Gasteiger partial charge is 0.153 e. The van der Waals surface area contributed by atoms with E-state index >= 15 is 0 Å². The summed E-state index contributed by atoms with van der Waals surface area (Å²) >= 11 is 2.97. The highest BCUT2D eigenvalue weighted by Gasteiger charge is 2.07. The molecule has 0 heterocycles. The molecule has 0 saturated carbocycles. The summed E-state index contributed by atoms with van der Waals surface area (Å²) in [7, 11) is -3.04. The summed E-state index contributed by atoms with van der Waals surface area (Å²) < 4.78 is 21.2. The van der Waals surface area contributed by atoms with Crippen molar-refractivity contribution < 1.29 is 13.5 Å². The molecule has 0 N–H and O–H groups in total. The van der Waals surface area contributed by atoms with Crippen LogP contribution in [0.4, 0.5) is 0 Å². The Balaban J connectivity index is 3.73. The van der Waals surface area contributed by atoms with E-state index in [-0.39, 0.29) is 11.5 Å². The van der Waals surface area contributed by atoms with Crippen molar-refractivity contribution >= 4 is 25.8 Å². The van der Waals surface area contributed by atoms with Gasteiger partial charge in [-0.1, -0.05) is 15.9 Å². The number of hydrogen-bond acceptors (Lipinski definition) is 2. The van der Waals surface area contributed by atoms with E-state index in [1.54, 1.807) is 0 Å². The van der Waals surface area contributed by atoms with Gasteiger partial charge in [-0.25, -0.2) is 13.5 Å². The van der Waals surface area contributed by atoms with Crippen LogP contribution in [0.25, 0.3) is 0 Å². The topological polar surface area (TPSA) is 54.0 Å². The molecule has 0 aliphatic rings. The van der Waals surface area contributed by atoms with Crippen LogP contribution in [-0.2, 0) is 14.9 Å². The standard InChI is InChI=1S/C4H8BrO3S/c5-1-3-9(7,8)4-2-6/h1-4H2. The zero-order valence-electron chi connectivity index (χ0n) is 4.84. The predicted molar refractivity (Wildman–Crippen MR) is 38.0 cm³/mol. The second-order valence-electron chi connectivity index (χ2n) is 1.54. The lowest BCUT2D eigenvalue weighted by molar-refractivity contribution is 0.213. The van der Waals surface area contributed by atoms with Gasteiger partial charge in [-0.05, 0) is 0 Å². The molecule has 0 fully saturated rings. The van der Waals surface area contributed by atoms with Crippen molar-refractivity contribution in [2.75, 3.05) is 23.4 Å². The van der Waals surface area contributed by atoms with Gasteiger partial charge in [-0.2, -0.15) is 0 Å². The normalized spacial score (nSPS) is 11.8. The lowest BCUT2D eigenvalue weighted by Gasteiger charge is -1.94. The first-order valence-electron chi connectivity index (χ1n) is 2.47. The van der Waals surface area contributed by atoms with Gasteiger partial charge in [0, 0.05) is 5.33 Å². The SMILES string of the molecule is [O]CCS(=O)(=O)CCBr. The predicted octanol–water partition coefficient (Wildman–Crippen LogP) is 0.227.